The first-order chi connectivity index (χ1) is 12.0. The minimum absolute atomic E-state index is 0.285. The Morgan fingerprint density at radius 1 is 1.20 bits per heavy atom. The summed E-state index contributed by atoms with van der Waals surface area (Å²) in [6.45, 7) is 3.98. The lowest BCUT2D eigenvalue weighted by Gasteiger charge is -2.11. The number of carbonyl (C=O) groups excluding carboxylic acids is 1. The van der Waals surface area contributed by atoms with Crippen molar-refractivity contribution in [3.05, 3.63) is 70.5 Å². The van der Waals surface area contributed by atoms with Crippen LogP contribution in [-0.2, 0) is 6.54 Å². The van der Waals surface area contributed by atoms with E-state index < -0.39 is 0 Å². The Bertz CT molecular complexity index is 894. The molecule has 0 radical (unpaired) electrons. The van der Waals surface area contributed by atoms with E-state index in [4.69, 9.17) is 16.0 Å². The van der Waals surface area contributed by atoms with E-state index in [1.54, 1.807) is 37.5 Å². The molecule has 0 saturated heterocycles. The zero-order chi connectivity index (χ0) is 17.8. The van der Waals surface area contributed by atoms with Crippen LogP contribution in [0.4, 0.5) is 11.5 Å². The second-order valence-corrected chi connectivity index (χ2v) is 5.97. The van der Waals surface area contributed by atoms with Gasteiger partial charge in [-0.1, -0.05) is 11.6 Å². The number of halogens is 1. The van der Waals surface area contributed by atoms with E-state index in [2.05, 4.69) is 20.6 Å². The summed E-state index contributed by atoms with van der Waals surface area (Å²) in [6, 6.07) is 10.7. The van der Waals surface area contributed by atoms with Crippen LogP contribution in [0.15, 0.2) is 47.1 Å². The van der Waals surface area contributed by atoms with Crippen molar-refractivity contribution in [2.45, 2.75) is 20.4 Å². The molecule has 7 heteroatoms. The fourth-order valence-corrected chi connectivity index (χ4v) is 2.55. The number of carbonyl (C=O) groups is 1. The Morgan fingerprint density at radius 3 is 2.76 bits per heavy atom. The van der Waals surface area contributed by atoms with Crippen LogP contribution in [0.1, 0.15) is 27.6 Å². The van der Waals surface area contributed by atoms with E-state index in [9.17, 15) is 4.79 Å². The summed E-state index contributed by atoms with van der Waals surface area (Å²) < 4.78 is 5.20. The van der Waals surface area contributed by atoms with Gasteiger partial charge in [0.2, 0.25) is 0 Å². The second-order valence-electron chi connectivity index (χ2n) is 5.53. The number of nitrogens with zero attached hydrogens (tertiary/aromatic N) is 2. The summed E-state index contributed by atoms with van der Waals surface area (Å²) in [5, 5.41) is 6.63. The Balaban J connectivity index is 1.76. The van der Waals surface area contributed by atoms with E-state index in [-0.39, 0.29) is 11.6 Å². The number of benzene rings is 1. The van der Waals surface area contributed by atoms with Gasteiger partial charge in [0.25, 0.3) is 5.91 Å². The van der Waals surface area contributed by atoms with E-state index in [1.165, 1.54) is 0 Å². The third kappa shape index (κ3) is 4.36. The van der Waals surface area contributed by atoms with Gasteiger partial charge >= 0.3 is 0 Å². The fraction of sp³-hybridized carbons (Fsp3) is 0.167. The average Bonchev–Trinajstić information content (AvgIpc) is 3.08. The van der Waals surface area contributed by atoms with Gasteiger partial charge in [0.1, 0.15) is 23.1 Å². The molecular weight excluding hydrogens is 340 g/mol. The number of aromatic nitrogens is 2. The Morgan fingerprint density at radius 2 is 2.04 bits per heavy atom. The molecule has 0 saturated carbocycles. The van der Waals surface area contributed by atoms with E-state index in [0.29, 0.717) is 29.0 Å². The zero-order valence-electron chi connectivity index (χ0n) is 13.8. The second kappa shape index (κ2) is 7.36. The van der Waals surface area contributed by atoms with Crippen molar-refractivity contribution >= 4 is 29.0 Å². The Hall–Kier alpha value is -2.86. The van der Waals surface area contributed by atoms with Gasteiger partial charge in [-0.05, 0) is 49.7 Å². The number of amides is 1. The fourth-order valence-electron chi connectivity index (χ4n) is 2.32. The van der Waals surface area contributed by atoms with Gasteiger partial charge in [-0.2, -0.15) is 0 Å². The first-order valence-corrected chi connectivity index (χ1v) is 8.08. The molecule has 0 aliphatic rings. The maximum Gasteiger partial charge on any atom is 0.270 e. The van der Waals surface area contributed by atoms with E-state index in [1.807, 2.05) is 19.1 Å². The first kappa shape index (κ1) is 17.0. The standard InChI is InChI=1S/C18H17ClN4O2/c1-11-8-13(19)5-6-15(11)23-17-9-16(21-12(2)22-17)18(24)20-10-14-4-3-7-25-14/h3-9H,10H2,1-2H3,(H,20,24)(H,21,22,23). The monoisotopic (exact) mass is 356 g/mol. The predicted octanol–water partition coefficient (Wildman–Crippen LogP) is 4.01. The summed E-state index contributed by atoms with van der Waals surface area (Å²) in [5.74, 6) is 1.42. The van der Waals surface area contributed by atoms with Crippen LogP contribution in [0.5, 0.6) is 0 Å². The lowest BCUT2D eigenvalue weighted by molar-refractivity contribution is 0.0942. The van der Waals surface area contributed by atoms with Crippen LogP contribution in [0.25, 0.3) is 0 Å². The van der Waals surface area contributed by atoms with Gasteiger partial charge in [-0.25, -0.2) is 9.97 Å². The third-order valence-electron chi connectivity index (χ3n) is 3.53. The van der Waals surface area contributed by atoms with Crippen molar-refractivity contribution < 1.29 is 9.21 Å². The molecule has 0 unspecified atom stereocenters. The Kier molecular flexibility index (Phi) is 5.00. The van der Waals surface area contributed by atoms with Gasteiger partial charge in [-0.3, -0.25) is 4.79 Å². The molecule has 0 aliphatic carbocycles. The largest absolute Gasteiger partial charge is 0.467 e. The van der Waals surface area contributed by atoms with E-state index >= 15 is 0 Å². The van der Waals surface area contributed by atoms with Crippen molar-refractivity contribution in [2.75, 3.05) is 5.32 Å². The Labute approximate surface area is 150 Å². The number of rotatable bonds is 5. The van der Waals surface area contributed by atoms with Gasteiger partial charge < -0.3 is 15.1 Å². The maximum absolute atomic E-state index is 12.3. The van der Waals surface area contributed by atoms with Crippen molar-refractivity contribution in [1.82, 2.24) is 15.3 Å². The minimum atomic E-state index is -0.294. The number of nitrogens with one attached hydrogen (secondary N) is 2. The topological polar surface area (TPSA) is 80.0 Å². The van der Waals surface area contributed by atoms with Crippen molar-refractivity contribution in [1.29, 1.82) is 0 Å². The number of hydrogen-bond donors (Lipinski definition) is 2. The molecule has 2 aromatic heterocycles. The van der Waals surface area contributed by atoms with Crippen molar-refractivity contribution in [3.63, 3.8) is 0 Å². The highest BCUT2D eigenvalue weighted by Crippen LogP contribution is 2.23. The summed E-state index contributed by atoms with van der Waals surface area (Å²) in [7, 11) is 0. The minimum Gasteiger partial charge on any atom is -0.467 e. The molecule has 0 atom stereocenters. The smallest absolute Gasteiger partial charge is 0.270 e. The molecule has 0 spiro atoms. The molecule has 2 N–H and O–H groups in total. The molecule has 6 nitrogen and oxygen atoms in total. The number of aryl methyl sites for hydroxylation is 2. The molecule has 3 aromatic rings. The highest BCUT2D eigenvalue weighted by atomic mass is 35.5. The van der Waals surface area contributed by atoms with Crippen LogP contribution >= 0.6 is 11.6 Å². The van der Waals surface area contributed by atoms with Crippen LogP contribution in [0, 0.1) is 13.8 Å². The molecule has 1 aromatic carbocycles. The molecule has 1 amide bonds. The molecular formula is C18H17ClN4O2. The van der Waals surface area contributed by atoms with Crippen LogP contribution in [-0.4, -0.2) is 15.9 Å². The maximum atomic E-state index is 12.3. The summed E-state index contributed by atoms with van der Waals surface area (Å²) in [6.07, 6.45) is 1.56. The van der Waals surface area contributed by atoms with Gasteiger partial charge in [-0.15, -0.1) is 0 Å². The quantitative estimate of drug-likeness (QED) is 0.721. The van der Waals surface area contributed by atoms with Crippen LogP contribution in [0.2, 0.25) is 5.02 Å². The third-order valence-corrected chi connectivity index (χ3v) is 3.76. The predicted molar refractivity (Wildman–Crippen MR) is 96.1 cm³/mol. The normalized spacial score (nSPS) is 10.5. The first-order valence-electron chi connectivity index (χ1n) is 7.71. The van der Waals surface area contributed by atoms with Crippen LogP contribution < -0.4 is 10.6 Å². The molecule has 3 rings (SSSR count). The summed E-state index contributed by atoms with van der Waals surface area (Å²) >= 11 is 5.98. The van der Waals surface area contributed by atoms with Gasteiger partial charge in [0.15, 0.2) is 0 Å². The number of anilines is 2. The molecule has 128 valence electrons. The lowest BCUT2D eigenvalue weighted by Crippen LogP contribution is -2.24. The lowest BCUT2D eigenvalue weighted by atomic mass is 10.2. The van der Waals surface area contributed by atoms with Crippen molar-refractivity contribution in [2.24, 2.45) is 0 Å². The molecule has 0 bridgehead atoms. The number of hydrogen-bond acceptors (Lipinski definition) is 5. The molecule has 0 fully saturated rings. The van der Waals surface area contributed by atoms with Crippen molar-refractivity contribution in [3.8, 4) is 0 Å². The summed E-state index contributed by atoms with van der Waals surface area (Å²) in [4.78, 5) is 20.8. The highest BCUT2D eigenvalue weighted by Gasteiger charge is 2.12. The molecule has 0 aliphatic heterocycles. The summed E-state index contributed by atoms with van der Waals surface area (Å²) in [5.41, 5.74) is 2.13. The zero-order valence-corrected chi connectivity index (χ0v) is 14.6. The average molecular weight is 357 g/mol. The SMILES string of the molecule is Cc1nc(Nc2ccc(Cl)cc2C)cc(C(=O)NCc2ccco2)n1. The molecule has 2 heterocycles. The van der Waals surface area contributed by atoms with Gasteiger partial charge in [0.05, 0.1) is 12.8 Å². The molecule has 25 heavy (non-hydrogen) atoms. The highest BCUT2D eigenvalue weighted by molar-refractivity contribution is 6.30. The number of furan rings is 1. The van der Waals surface area contributed by atoms with Crippen LogP contribution in [0.3, 0.4) is 0 Å². The van der Waals surface area contributed by atoms with Gasteiger partial charge in [0, 0.05) is 16.8 Å². The van der Waals surface area contributed by atoms with E-state index in [0.717, 1.165) is 11.3 Å².